The number of ether oxygens (including phenoxy) is 4. The number of esters is 4. The van der Waals surface area contributed by atoms with E-state index >= 15 is 0 Å². The van der Waals surface area contributed by atoms with Crippen molar-refractivity contribution in [3.05, 3.63) is 0 Å². The van der Waals surface area contributed by atoms with Crippen LogP contribution in [0.3, 0.4) is 0 Å². The molecule has 0 aliphatic carbocycles. The maximum atomic E-state index is 13.0. The second-order valence-electron chi connectivity index (χ2n) is 26.8. The molecule has 0 saturated heterocycles. The van der Waals surface area contributed by atoms with Crippen LogP contribution in [0.1, 0.15) is 381 Å². The van der Waals surface area contributed by atoms with Gasteiger partial charge in [0.15, 0.2) is 12.2 Å². The summed E-state index contributed by atoms with van der Waals surface area (Å²) in [6, 6.07) is 0. The first-order chi connectivity index (χ1) is 44.5. The van der Waals surface area contributed by atoms with E-state index in [2.05, 4.69) is 34.6 Å². The van der Waals surface area contributed by atoms with E-state index in [0.717, 1.165) is 109 Å². The predicted octanol–water partition coefficient (Wildman–Crippen LogP) is 21.3. The zero-order valence-corrected chi connectivity index (χ0v) is 61.5. The summed E-state index contributed by atoms with van der Waals surface area (Å²) < 4.78 is 68.3. The Bertz CT molecular complexity index is 1770. The van der Waals surface area contributed by atoms with Crippen LogP contribution in [0.2, 0.25) is 0 Å². The number of rotatable bonds is 73. The molecule has 2 unspecified atom stereocenters. The number of unbranched alkanes of at least 4 members (excludes halogenated alkanes) is 45. The zero-order chi connectivity index (χ0) is 67.7. The molecule has 0 aliphatic heterocycles. The molecule has 0 aromatic carbocycles. The van der Waals surface area contributed by atoms with Crippen molar-refractivity contribution in [2.24, 2.45) is 5.92 Å². The Morgan fingerprint density at radius 2 is 0.500 bits per heavy atom. The lowest BCUT2D eigenvalue weighted by molar-refractivity contribution is -0.161. The first-order valence-corrected chi connectivity index (χ1v) is 41.1. The van der Waals surface area contributed by atoms with Crippen LogP contribution in [0.4, 0.5) is 0 Å². The molecule has 17 nitrogen and oxygen atoms in total. The Morgan fingerprint density at radius 3 is 0.739 bits per heavy atom. The molecular weight excluding hydrogens is 1210 g/mol. The normalized spacial score (nSPS) is 14.0. The van der Waals surface area contributed by atoms with Gasteiger partial charge in [0.1, 0.15) is 19.3 Å². The van der Waals surface area contributed by atoms with Crippen molar-refractivity contribution in [2.45, 2.75) is 400 Å². The number of aliphatic hydroxyl groups excluding tert-OH is 1. The zero-order valence-electron chi connectivity index (χ0n) is 59.7. The summed E-state index contributed by atoms with van der Waals surface area (Å²) in [5.74, 6) is -1.34. The van der Waals surface area contributed by atoms with Crippen LogP contribution in [0, 0.1) is 5.92 Å². The quantitative estimate of drug-likeness (QED) is 0.0222. The number of carbonyl (C=O) groups is 4. The number of phosphoric ester groups is 2. The van der Waals surface area contributed by atoms with Crippen LogP contribution in [-0.2, 0) is 65.4 Å². The number of aliphatic hydroxyl groups is 1. The smallest absolute Gasteiger partial charge is 0.462 e. The maximum absolute atomic E-state index is 13.0. The van der Waals surface area contributed by atoms with E-state index in [1.54, 1.807) is 0 Å². The first kappa shape index (κ1) is 90.1. The van der Waals surface area contributed by atoms with Gasteiger partial charge in [-0.15, -0.1) is 0 Å². The molecule has 0 spiro atoms. The minimum absolute atomic E-state index is 0.108. The summed E-state index contributed by atoms with van der Waals surface area (Å²) in [5.41, 5.74) is 0. The van der Waals surface area contributed by atoms with Gasteiger partial charge in [-0.25, -0.2) is 9.13 Å². The molecule has 0 bridgehead atoms. The van der Waals surface area contributed by atoms with Crippen molar-refractivity contribution < 1.29 is 80.2 Å². The topological polar surface area (TPSA) is 237 Å². The first-order valence-electron chi connectivity index (χ1n) is 38.1. The van der Waals surface area contributed by atoms with Crippen LogP contribution in [0.25, 0.3) is 0 Å². The molecule has 0 aromatic heterocycles. The fourth-order valence-corrected chi connectivity index (χ4v) is 12.8. The Morgan fingerprint density at radius 1 is 0.293 bits per heavy atom. The van der Waals surface area contributed by atoms with Gasteiger partial charge in [0.2, 0.25) is 0 Å². The average Bonchev–Trinajstić information content (AvgIpc) is 1.87. The highest BCUT2D eigenvalue weighted by Crippen LogP contribution is 2.45. The van der Waals surface area contributed by atoms with Crippen LogP contribution in [0.5, 0.6) is 0 Å². The molecule has 5 atom stereocenters. The summed E-state index contributed by atoms with van der Waals surface area (Å²) in [5, 5.41) is 10.6. The van der Waals surface area contributed by atoms with Gasteiger partial charge in [-0.3, -0.25) is 37.3 Å². The molecule has 0 amide bonds. The van der Waals surface area contributed by atoms with Crippen molar-refractivity contribution in [1.82, 2.24) is 0 Å². The molecule has 0 fully saturated rings. The van der Waals surface area contributed by atoms with E-state index < -0.39 is 97.5 Å². The number of hydrogen-bond acceptors (Lipinski definition) is 15. The predicted molar refractivity (Wildman–Crippen MR) is 372 cm³/mol. The summed E-state index contributed by atoms with van der Waals surface area (Å²) in [7, 11) is -9.90. The second kappa shape index (κ2) is 66.3. The van der Waals surface area contributed by atoms with Crippen LogP contribution < -0.4 is 0 Å². The van der Waals surface area contributed by atoms with Gasteiger partial charge in [0, 0.05) is 25.7 Å². The minimum Gasteiger partial charge on any atom is -0.462 e. The molecule has 0 saturated carbocycles. The van der Waals surface area contributed by atoms with Gasteiger partial charge in [-0.05, 0) is 31.6 Å². The third-order valence-electron chi connectivity index (χ3n) is 17.0. The second-order valence-corrected chi connectivity index (χ2v) is 29.7. The summed E-state index contributed by atoms with van der Waals surface area (Å²) in [6.45, 7) is 7.25. The number of phosphoric acid groups is 2. The standard InChI is InChI=1S/C73H142O17P2/c1-6-9-12-15-18-20-22-24-26-28-33-37-42-47-52-57-71(76)84-63-69(90-73(78)59-54-49-44-39-35-31-30-32-36-41-45-50-55-66(4)5)65-88-92(81,82)86-61-67(74)60-85-91(79,80)87-64-68(62-83-70(75)56-51-46-40-17-14-11-8-3)89-72(77)58-53-48-43-38-34-29-27-25-23-21-19-16-13-10-7-2/h66-69,74H,6-65H2,1-5H3,(H,79,80)(H,81,82)/t67-,68+,69+/m0/s1. The van der Waals surface area contributed by atoms with Crippen LogP contribution >= 0.6 is 15.6 Å². The van der Waals surface area contributed by atoms with E-state index in [4.69, 9.17) is 37.0 Å². The Kier molecular flexibility index (Phi) is 64.9. The van der Waals surface area contributed by atoms with Gasteiger partial charge >= 0.3 is 39.5 Å². The lowest BCUT2D eigenvalue weighted by Gasteiger charge is -2.21. The lowest BCUT2D eigenvalue weighted by atomic mass is 10.0. The van der Waals surface area contributed by atoms with Crippen molar-refractivity contribution in [3.8, 4) is 0 Å². The molecule has 0 heterocycles. The van der Waals surface area contributed by atoms with Crippen molar-refractivity contribution in [3.63, 3.8) is 0 Å². The average molecular weight is 1350 g/mol. The SMILES string of the molecule is CCCCCCCCCCCCCCCCCC(=O)OC[C@H](COP(=O)(O)OC[C@@H](O)COP(=O)(O)OC[C@@H](COC(=O)CCCCCCCCC)OC(=O)CCCCCCCCCCCCCCCCC)OC(=O)CCCCCCCCCCCCCCC(C)C. The minimum atomic E-state index is -4.95. The molecule has 3 N–H and O–H groups in total. The summed E-state index contributed by atoms with van der Waals surface area (Å²) >= 11 is 0. The highest BCUT2D eigenvalue weighted by molar-refractivity contribution is 7.47. The third kappa shape index (κ3) is 66.7. The fraction of sp³-hybridized carbons (Fsp3) is 0.945. The van der Waals surface area contributed by atoms with E-state index in [9.17, 15) is 43.2 Å². The van der Waals surface area contributed by atoms with Crippen molar-refractivity contribution >= 4 is 39.5 Å². The highest BCUT2D eigenvalue weighted by Gasteiger charge is 2.30. The molecule has 0 radical (unpaired) electrons. The summed E-state index contributed by atoms with van der Waals surface area (Å²) in [6.07, 6.45) is 54.1. The Balaban J connectivity index is 5.20. The number of carbonyl (C=O) groups excluding carboxylic acids is 4. The van der Waals surface area contributed by atoms with E-state index in [1.165, 1.54) is 193 Å². The molecule has 92 heavy (non-hydrogen) atoms. The largest absolute Gasteiger partial charge is 0.472 e. The molecule has 0 rings (SSSR count). The lowest BCUT2D eigenvalue weighted by Crippen LogP contribution is -2.30. The fourth-order valence-electron chi connectivity index (χ4n) is 11.2. The van der Waals surface area contributed by atoms with E-state index in [1.807, 2.05) is 0 Å². The highest BCUT2D eigenvalue weighted by atomic mass is 31.2. The maximum Gasteiger partial charge on any atom is 0.472 e. The van der Waals surface area contributed by atoms with Gasteiger partial charge in [0.05, 0.1) is 26.4 Å². The van der Waals surface area contributed by atoms with E-state index in [-0.39, 0.29) is 25.7 Å². The van der Waals surface area contributed by atoms with Gasteiger partial charge < -0.3 is 33.8 Å². The van der Waals surface area contributed by atoms with Gasteiger partial charge in [0.25, 0.3) is 0 Å². The molecular formula is C73H142O17P2. The van der Waals surface area contributed by atoms with Gasteiger partial charge in [-0.2, -0.15) is 0 Å². The van der Waals surface area contributed by atoms with Crippen molar-refractivity contribution in [1.29, 1.82) is 0 Å². The Hall–Kier alpha value is -1.94. The summed E-state index contributed by atoms with van der Waals surface area (Å²) in [4.78, 5) is 72.6. The number of hydrogen-bond donors (Lipinski definition) is 3. The molecule has 546 valence electrons. The van der Waals surface area contributed by atoms with E-state index in [0.29, 0.717) is 25.7 Å². The molecule has 0 aliphatic rings. The van der Waals surface area contributed by atoms with Crippen LogP contribution in [0.15, 0.2) is 0 Å². The third-order valence-corrected chi connectivity index (χ3v) is 18.9. The Labute approximate surface area is 562 Å². The van der Waals surface area contributed by atoms with Gasteiger partial charge in [-0.1, -0.05) is 330 Å². The van der Waals surface area contributed by atoms with Crippen LogP contribution in [-0.4, -0.2) is 96.7 Å². The molecule has 19 heteroatoms. The molecule has 0 aromatic rings. The monoisotopic (exact) mass is 1350 g/mol. The van der Waals surface area contributed by atoms with Crippen molar-refractivity contribution in [2.75, 3.05) is 39.6 Å².